The number of nitrogens with two attached hydrogens (primary N) is 1. The number of hydrogen-bond donors (Lipinski definition) is 4. The maximum absolute atomic E-state index is 12.1. The van der Waals surface area contributed by atoms with Crippen LogP contribution >= 0.6 is 0 Å². The Kier molecular flexibility index (Phi) is 4.08. The van der Waals surface area contributed by atoms with Crippen molar-refractivity contribution in [2.24, 2.45) is 0 Å². The number of sulfonamides is 1. The lowest BCUT2D eigenvalue weighted by Crippen LogP contribution is -2.24. The third-order valence-electron chi connectivity index (χ3n) is 2.83. The van der Waals surface area contributed by atoms with E-state index in [0.717, 1.165) is 5.52 Å². The molecular weight excluding hydrogens is 266 g/mol. The van der Waals surface area contributed by atoms with E-state index in [9.17, 15) is 8.42 Å². The number of fused-ring (bicyclic) bond motifs is 1. The molecular formula is C12H17N3O3S. The Morgan fingerprint density at radius 2 is 2.11 bits per heavy atom. The van der Waals surface area contributed by atoms with Gasteiger partial charge in [-0.3, -0.25) is 0 Å². The molecule has 0 saturated carbocycles. The number of nitrogen functional groups attached to an aromatic ring is 1. The molecule has 2 aromatic rings. The molecule has 104 valence electrons. The zero-order valence-electron chi connectivity index (χ0n) is 10.4. The average Bonchev–Trinajstić information content (AvgIpc) is 2.78. The summed E-state index contributed by atoms with van der Waals surface area (Å²) in [4.78, 5) is 3.10. The number of unbranched alkanes of at least 4 members (excludes halogenated alkanes) is 1. The summed E-state index contributed by atoms with van der Waals surface area (Å²) in [5.41, 5.74) is 6.92. The SMILES string of the molecule is Nc1ccc2[nH]cc(S(=O)(=O)NCCCCO)c2c1. The molecule has 0 amide bonds. The van der Waals surface area contributed by atoms with Crippen molar-refractivity contribution in [3.63, 3.8) is 0 Å². The van der Waals surface area contributed by atoms with E-state index in [1.54, 1.807) is 18.2 Å². The molecule has 0 bridgehead atoms. The fourth-order valence-electron chi connectivity index (χ4n) is 1.86. The minimum Gasteiger partial charge on any atom is -0.399 e. The normalized spacial score (nSPS) is 12.1. The van der Waals surface area contributed by atoms with Gasteiger partial charge in [0.1, 0.15) is 4.90 Å². The number of H-pyrrole nitrogens is 1. The third-order valence-corrected chi connectivity index (χ3v) is 4.34. The monoisotopic (exact) mass is 283 g/mol. The Hall–Kier alpha value is -1.57. The summed E-state index contributed by atoms with van der Waals surface area (Å²) in [6.45, 7) is 0.364. The van der Waals surface area contributed by atoms with Crippen LogP contribution in [-0.4, -0.2) is 31.7 Å². The van der Waals surface area contributed by atoms with Gasteiger partial charge < -0.3 is 15.8 Å². The van der Waals surface area contributed by atoms with Gasteiger partial charge in [-0.15, -0.1) is 0 Å². The first-order valence-corrected chi connectivity index (χ1v) is 7.50. The van der Waals surface area contributed by atoms with Crippen LogP contribution in [-0.2, 0) is 10.0 Å². The third kappa shape index (κ3) is 3.06. The Morgan fingerprint density at radius 3 is 2.84 bits per heavy atom. The number of rotatable bonds is 6. The molecule has 0 aliphatic carbocycles. The molecule has 2 rings (SSSR count). The first kappa shape index (κ1) is 13.9. The highest BCUT2D eigenvalue weighted by Crippen LogP contribution is 2.24. The van der Waals surface area contributed by atoms with E-state index in [-0.39, 0.29) is 11.5 Å². The van der Waals surface area contributed by atoms with Crippen molar-refractivity contribution >= 4 is 26.6 Å². The van der Waals surface area contributed by atoms with Crippen molar-refractivity contribution < 1.29 is 13.5 Å². The number of anilines is 1. The van der Waals surface area contributed by atoms with Crippen LogP contribution in [0.3, 0.4) is 0 Å². The standard InChI is InChI=1S/C12H17N3O3S/c13-9-3-4-11-10(7-9)12(8-14-11)19(17,18)15-5-1-2-6-16/h3-4,7-8,14-16H,1-2,5-6,13H2. The minimum absolute atomic E-state index is 0.0609. The molecule has 7 heteroatoms. The van der Waals surface area contributed by atoms with Crippen LogP contribution in [0.1, 0.15) is 12.8 Å². The second-order valence-electron chi connectivity index (χ2n) is 4.29. The van der Waals surface area contributed by atoms with Crippen LogP contribution in [0, 0.1) is 0 Å². The number of aromatic nitrogens is 1. The topological polar surface area (TPSA) is 108 Å². The van der Waals surface area contributed by atoms with Crippen molar-refractivity contribution in [3.05, 3.63) is 24.4 Å². The fourth-order valence-corrected chi connectivity index (χ4v) is 3.10. The smallest absolute Gasteiger partial charge is 0.242 e. The van der Waals surface area contributed by atoms with Gasteiger partial charge in [0.15, 0.2) is 0 Å². The van der Waals surface area contributed by atoms with E-state index >= 15 is 0 Å². The molecule has 1 aromatic carbocycles. The van der Waals surface area contributed by atoms with Crippen molar-refractivity contribution in [1.29, 1.82) is 0 Å². The van der Waals surface area contributed by atoms with Crippen molar-refractivity contribution in [2.45, 2.75) is 17.7 Å². The van der Waals surface area contributed by atoms with E-state index in [4.69, 9.17) is 10.8 Å². The van der Waals surface area contributed by atoms with E-state index in [0.29, 0.717) is 30.5 Å². The zero-order chi connectivity index (χ0) is 13.9. The van der Waals surface area contributed by atoms with Gasteiger partial charge in [0, 0.05) is 35.9 Å². The highest BCUT2D eigenvalue weighted by atomic mass is 32.2. The number of aromatic amines is 1. The van der Waals surface area contributed by atoms with E-state index in [1.807, 2.05) is 0 Å². The van der Waals surface area contributed by atoms with Gasteiger partial charge in [-0.05, 0) is 31.0 Å². The summed E-state index contributed by atoms with van der Waals surface area (Å²) >= 11 is 0. The predicted octanol–water partition coefficient (Wildman–Crippen LogP) is 0.801. The molecule has 0 aliphatic rings. The molecule has 6 nitrogen and oxygen atoms in total. The van der Waals surface area contributed by atoms with Crippen LogP contribution in [0.15, 0.2) is 29.3 Å². The molecule has 1 aromatic heterocycles. The van der Waals surface area contributed by atoms with E-state index in [1.165, 1.54) is 6.20 Å². The summed E-state index contributed by atoms with van der Waals surface area (Å²) in [6.07, 6.45) is 2.63. The van der Waals surface area contributed by atoms with Crippen molar-refractivity contribution in [3.8, 4) is 0 Å². The molecule has 0 saturated heterocycles. The van der Waals surface area contributed by atoms with Gasteiger partial charge in [0.05, 0.1) is 0 Å². The maximum atomic E-state index is 12.1. The first-order chi connectivity index (χ1) is 9.04. The number of nitrogens with one attached hydrogen (secondary N) is 2. The molecule has 1 heterocycles. The molecule has 0 fully saturated rings. The Balaban J connectivity index is 2.25. The molecule has 0 unspecified atom stereocenters. The van der Waals surface area contributed by atoms with Gasteiger partial charge in [-0.2, -0.15) is 0 Å². The lowest BCUT2D eigenvalue weighted by molar-refractivity contribution is 0.285. The highest BCUT2D eigenvalue weighted by Gasteiger charge is 2.18. The van der Waals surface area contributed by atoms with Gasteiger partial charge in [0.25, 0.3) is 0 Å². The number of aliphatic hydroxyl groups is 1. The van der Waals surface area contributed by atoms with E-state index in [2.05, 4.69) is 9.71 Å². The van der Waals surface area contributed by atoms with Gasteiger partial charge >= 0.3 is 0 Å². The zero-order valence-corrected chi connectivity index (χ0v) is 11.2. The van der Waals surface area contributed by atoms with Crippen LogP contribution < -0.4 is 10.5 Å². The number of hydrogen-bond acceptors (Lipinski definition) is 4. The summed E-state index contributed by atoms with van der Waals surface area (Å²) in [5, 5.41) is 9.23. The second-order valence-corrected chi connectivity index (χ2v) is 6.02. The Labute approximate surface area is 111 Å². The Morgan fingerprint density at radius 1 is 1.32 bits per heavy atom. The lowest BCUT2D eigenvalue weighted by Gasteiger charge is -2.05. The minimum atomic E-state index is -3.56. The van der Waals surface area contributed by atoms with Gasteiger partial charge in [-0.25, -0.2) is 13.1 Å². The summed E-state index contributed by atoms with van der Waals surface area (Å²) in [7, 11) is -3.56. The van der Waals surface area contributed by atoms with Crippen LogP contribution in [0.2, 0.25) is 0 Å². The fraction of sp³-hybridized carbons (Fsp3) is 0.333. The van der Waals surface area contributed by atoms with Gasteiger partial charge in [-0.1, -0.05) is 0 Å². The summed E-state index contributed by atoms with van der Waals surface area (Å²) < 4.78 is 26.8. The average molecular weight is 283 g/mol. The quantitative estimate of drug-likeness (QED) is 0.464. The maximum Gasteiger partial charge on any atom is 0.242 e. The molecule has 0 radical (unpaired) electrons. The van der Waals surface area contributed by atoms with Crippen molar-refractivity contribution in [2.75, 3.05) is 18.9 Å². The van der Waals surface area contributed by atoms with Gasteiger partial charge in [0.2, 0.25) is 10.0 Å². The van der Waals surface area contributed by atoms with Crippen LogP contribution in [0.4, 0.5) is 5.69 Å². The van der Waals surface area contributed by atoms with Crippen molar-refractivity contribution in [1.82, 2.24) is 9.71 Å². The first-order valence-electron chi connectivity index (χ1n) is 6.02. The molecule has 0 aliphatic heterocycles. The molecule has 0 atom stereocenters. The second kappa shape index (κ2) is 5.60. The summed E-state index contributed by atoms with van der Waals surface area (Å²) in [5.74, 6) is 0. The number of aliphatic hydroxyl groups excluding tert-OH is 1. The number of benzene rings is 1. The lowest BCUT2D eigenvalue weighted by atomic mass is 10.2. The molecule has 5 N–H and O–H groups in total. The molecule has 0 spiro atoms. The van der Waals surface area contributed by atoms with Crippen LogP contribution in [0.5, 0.6) is 0 Å². The molecule has 19 heavy (non-hydrogen) atoms. The van der Waals surface area contributed by atoms with E-state index < -0.39 is 10.0 Å². The highest BCUT2D eigenvalue weighted by molar-refractivity contribution is 7.89. The van der Waals surface area contributed by atoms with Crippen LogP contribution in [0.25, 0.3) is 10.9 Å². The predicted molar refractivity (Wildman–Crippen MR) is 74.2 cm³/mol. The largest absolute Gasteiger partial charge is 0.399 e. The summed E-state index contributed by atoms with van der Waals surface area (Å²) in [6, 6.07) is 5.09. The Bertz CT molecular complexity index is 664.